The van der Waals surface area contributed by atoms with Crippen molar-refractivity contribution in [1.82, 2.24) is 14.6 Å². The molecule has 178 valence electrons. The average Bonchev–Trinajstić information content (AvgIpc) is 3.48. The van der Waals surface area contributed by atoms with Crippen molar-refractivity contribution in [3.05, 3.63) is 72.8 Å². The molecule has 3 heterocycles. The Morgan fingerprint density at radius 2 is 1.37 bits per heavy atom. The average molecular weight is 467 g/mol. The van der Waals surface area contributed by atoms with Crippen LogP contribution in [0.5, 0.6) is 0 Å². The van der Waals surface area contributed by atoms with Gasteiger partial charge in [-0.3, -0.25) is 14.3 Å². The molecule has 6 nitrogen and oxygen atoms in total. The summed E-state index contributed by atoms with van der Waals surface area (Å²) in [5, 5.41) is 7.69. The van der Waals surface area contributed by atoms with E-state index in [-0.39, 0.29) is 5.91 Å². The van der Waals surface area contributed by atoms with Gasteiger partial charge in [0.2, 0.25) is 5.91 Å². The monoisotopic (exact) mass is 466 g/mol. The third-order valence-electron chi connectivity index (χ3n) is 7.22. The molecule has 5 aromatic rings. The van der Waals surface area contributed by atoms with Gasteiger partial charge in [-0.1, -0.05) is 60.1 Å². The van der Waals surface area contributed by atoms with E-state index in [0.29, 0.717) is 6.42 Å². The molecular formula is C29H30N4O2. The Hall–Kier alpha value is -3.64. The second-order valence-corrected chi connectivity index (χ2v) is 9.41. The van der Waals surface area contributed by atoms with Gasteiger partial charge in [-0.2, -0.15) is 0 Å². The quantitative estimate of drug-likeness (QED) is 0.277. The molecular weight excluding hydrogens is 436 g/mol. The zero-order valence-corrected chi connectivity index (χ0v) is 19.9. The maximum absolute atomic E-state index is 13.2. The van der Waals surface area contributed by atoms with Crippen LogP contribution in [0.15, 0.2) is 77.3 Å². The fourth-order valence-corrected chi connectivity index (χ4v) is 5.38. The molecule has 1 saturated heterocycles. The first-order chi connectivity index (χ1) is 17.3. The van der Waals surface area contributed by atoms with Crippen molar-refractivity contribution >= 4 is 44.5 Å². The first-order valence-corrected chi connectivity index (χ1v) is 12.6. The van der Waals surface area contributed by atoms with Crippen LogP contribution in [-0.2, 0) is 0 Å². The molecule has 6 heteroatoms. The van der Waals surface area contributed by atoms with E-state index in [1.165, 1.54) is 0 Å². The van der Waals surface area contributed by atoms with E-state index in [9.17, 15) is 4.79 Å². The van der Waals surface area contributed by atoms with Crippen molar-refractivity contribution in [3.8, 4) is 0 Å². The largest absolute Gasteiger partial charge is 0.354 e. The van der Waals surface area contributed by atoms with Crippen LogP contribution in [0.3, 0.4) is 0 Å². The molecule has 0 saturated carbocycles. The Kier molecular flexibility index (Phi) is 5.96. The summed E-state index contributed by atoms with van der Waals surface area (Å²) in [6.45, 7) is 5.06. The zero-order chi connectivity index (χ0) is 23.6. The lowest BCUT2D eigenvalue weighted by Gasteiger charge is -2.34. The lowest BCUT2D eigenvalue weighted by atomic mass is 10.1. The summed E-state index contributed by atoms with van der Waals surface area (Å²) in [4.78, 5) is 18.0. The Balaban J connectivity index is 0.991. The predicted molar refractivity (Wildman–Crippen MR) is 141 cm³/mol. The number of nitrogens with zero attached hydrogens (tertiary/aromatic N) is 4. The Bertz CT molecular complexity index is 1420. The van der Waals surface area contributed by atoms with E-state index in [0.717, 1.165) is 90.6 Å². The molecule has 0 bridgehead atoms. The third-order valence-corrected chi connectivity index (χ3v) is 7.22. The number of rotatable bonds is 7. The topological polar surface area (TPSA) is 54.5 Å². The summed E-state index contributed by atoms with van der Waals surface area (Å²) >= 11 is 0. The molecule has 0 atom stereocenters. The van der Waals surface area contributed by atoms with Crippen LogP contribution < -0.4 is 4.90 Å². The Morgan fingerprint density at radius 3 is 2.09 bits per heavy atom. The van der Waals surface area contributed by atoms with Crippen LogP contribution in [0.2, 0.25) is 0 Å². The van der Waals surface area contributed by atoms with Crippen molar-refractivity contribution in [2.24, 2.45) is 0 Å². The van der Waals surface area contributed by atoms with E-state index < -0.39 is 0 Å². The van der Waals surface area contributed by atoms with E-state index in [2.05, 4.69) is 45.3 Å². The summed E-state index contributed by atoms with van der Waals surface area (Å²) in [7, 11) is 0. The molecule has 0 spiro atoms. The van der Waals surface area contributed by atoms with Crippen LogP contribution >= 0.6 is 0 Å². The number of benzene rings is 3. The van der Waals surface area contributed by atoms with Crippen LogP contribution in [0.25, 0.3) is 32.8 Å². The second-order valence-electron chi connectivity index (χ2n) is 9.41. The summed E-state index contributed by atoms with van der Waals surface area (Å²) in [6, 6.07) is 24.5. The fraction of sp³-hybridized carbons (Fsp3) is 0.310. The fourth-order valence-electron chi connectivity index (χ4n) is 5.38. The Morgan fingerprint density at radius 1 is 0.743 bits per heavy atom. The van der Waals surface area contributed by atoms with Gasteiger partial charge in [-0.25, -0.2) is 0 Å². The number of carbonyl (C=O) groups excluding carboxylic acids is 1. The third kappa shape index (κ3) is 4.19. The highest BCUT2D eigenvalue weighted by atomic mass is 16.5. The molecule has 2 aromatic heterocycles. The van der Waals surface area contributed by atoms with Crippen molar-refractivity contribution in [2.75, 3.05) is 37.6 Å². The van der Waals surface area contributed by atoms with Gasteiger partial charge in [0.05, 0.1) is 16.4 Å². The van der Waals surface area contributed by atoms with E-state index in [1.54, 1.807) is 0 Å². The molecule has 1 aliphatic rings. The normalized spacial score (nSPS) is 14.9. The molecule has 1 aliphatic heterocycles. The van der Waals surface area contributed by atoms with Gasteiger partial charge >= 0.3 is 0 Å². The van der Waals surface area contributed by atoms with E-state index in [4.69, 9.17) is 4.52 Å². The van der Waals surface area contributed by atoms with Gasteiger partial charge < -0.3 is 9.42 Å². The number of anilines is 1. The van der Waals surface area contributed by atoms with E-state index >= 15 is 0 Å². The molecule has 35 heavy (non-hydrogen) atoms. The highest BCUT2D eigenvalue weighted by Gasteiger charge is 2.21. The molecule has 0 N–H and O–H groups in total. The minimum absolute atomic E-state index is 0.191. The van der Waals surface area contributed by atoms with Crippen molar-refractivity contribution < 1.29 is 9.32 Å². The second kappa shape index (κ2) is 9.55. The highest BCUT2D eigenvalue weighted by Crippen LogP contribution is 2.29. The Labute approximate surface area is 204 Å². The van der Waals surface area contributed by atoms with Crippen LogP contribution in [0, 0.1) is 0 Å². The van der Waals surface area contributed by atoms with Gasteiger partial charge in [0.1, 0.15) is 0 Å². The standard InChI is InChI=1S/C29H30N4O2/c34-28(33-25-13-6-3-10-22(25)23-11-4-7-14-26(23)33)16-2-1-9-17-31-18-20-32(21-19-31)29-24-12-5-8-15-27(24)35-30-29/h3-8,10-15H,1-2,9,16-21H2. The lowest BCUT2D eigenvalue weighted by molar-refractivity contribution is 0.0908. The molecule has 3 aromatic carbocycles. The molecule has 1 fully saturated rings. The maximum Gasteiger partial charge on any atom is 0.231 e. The van der Waals surface area contributed by atoms with Crippen molar-refractivity contribution in [2.45, 2.75) is 25.7 Å². The first-order valence-electron chi connectivity index (χ1n) is 12.6. The summed E-state index contributed by atoms with van der Waals surface area (Å²) < 4.78 is 7.39. The van der Waals surface area contributed by atoms with Gasteiger partial charge in [0.25, 0.3) is 0 Å². The minimum atomic E-state index is 0.191. The molecule has 6 rings (SSSR count). The number of piperazine rings is 1. The number of aromatic nitrogens is 2. The van der Waals surface area contributed by atoms with Gasteiger partial charge in [-0.15, -0.1) is 0 Å². The minimum Gasteiger partial charge on any atom is -0.354 e. The summed E-state index contributed by atoms with van der Waals surface area (Å²) in [5.41, 5.74) is 2.87. The van der Waals surface area contributed by atoms with Crippen LogP contribution in [-0.4, -0.2) is 53.3 Å². The van der Waals surface area contributed by atoms with Crippen molar-refractivity contribution in [1.29, 1.82) is 0 Å². The van der Waals surface area contributed by atoms with Crippen LogP contribution in [0.4, 0.5) is 5.82 Å². The summed E-state index contributed by atoms with van der Waals surface area (Å²) in [5.74, 6) is 1.15. The molecule has 0 radical (unpaired) electrons. The summed E-state index contributed by atoms with van der Waals surface area (Å²) in [6.07, 6.45) is 3.69. The smallest absolute Gasteiger partial charge is 0.231 e. The molecule has 0 aliphatic carbocycles. The number of unbranched alkanes of at least 4 members (excludes halogenated alkanes) is 2. The highest BCUT2D eigenvalue weighted by molar-refractivity contribution is 6.13. The molecule has 0 unspecified atom stereocenters. The predicted octanol–water partition coefficient (Wildman–Crippen LogP) is 5.96. The SMILES string of the molecule is O=C(CCCCCN1CCN(c2noc3ccccc23)CC1)n1c2ccccc2c2ccccc21. The first kappa shape index (κ1) is 21.9. The van der Waals surface area contributed by atoms with Gasteiger partial charge in [-0.05, 0) is 43.7 Å². The lowest BCUT2D eigenvalue weighted by Crippen LogP contribution is -2.46. The van der Waals surface area contributed by atoms with Gasteiger partial charge in [0.15, 0.2) is 11.4 Å². The van der Waals surface area contributed by atoms with Crippen LogP contribution in [0.1, 0.15) is 30.5 Å². The maximum atomic E-state index is 13.2. The zero-order valence-electron chi connectivity index (χ0n) is 19.9. The van der Waals surface area contributed by atoms with E-state index in [1.807, 2.05) is 47.0 Å². The number of hydrogen-bond donors (Lipinski definition) is 0. The number of hydrogen-bond acceptors (Lipinski definition) is 5. The van der Waals surface area contributed by atoms with Crippen molar-refractivity contribution in [3.63, 3.8) is 0 Å². The number of fused-ring (bicyclic) bond motifs is 4. The number of carbonyl (C=O) groups is 1. The number of para-hydroxylation sites is 3. The molecule has 0 amide bonds. The van der Waals surface area contributed by atoms with Gasteiger partial charge in [0, 0.05) is 43.4 Å².